The monoisotopic (exact) mass is 449 g/mol. The molecule has 1 unspecified atom stereocenters. The normalized spacial score (nSPS) is 21.9. The van der Waals surface area contributed by atoms with Crippen LogP contribution in [0, 0.1) is 0 Å². The van der Waals surface area contributed by atoms with Crippen molar-refractivity contribution in [1.82, 2.24) is 4.98 Å². The maximum atomic E-state index is 13.2. The van der Waals surface area contributed by atoms with Gasteiger partial charge in [-0.1, -0.05) is 18.2 Å². The van der Waals surface area contributed by atoms with E-state index in [4.69, 9.17) is 9.47 Å². The van der Waals surface area contributed by atoms with Gasteiger partial charge >= 0.3 is 11.9 Å². The van der Waals surface area contributed by atoms with Gasteiger partial charge in [-0.15, -0.1) is 0 Å². The Morgan fingerprint density at radius 1 is 1.15 bits per heavy atom. The van der Waals surface area contributed by atoms with Crippen LogP contribution >= 0.6 is 0 Å². The summed E-state index contributed by atoms with van der Waals surface area (Å²) in [6, 6.07) is 5.19. The fraction of sp³-hybridized carbons (Fsp3) is 0.385. The summed E-state index contributed by atoms with van der Waals surface area (Å²) in [4.78, 5) is 41.6. The molecule has 172 valence electrons. The molecule has 1 aromatic heterocycles. The van der Waals surface area contributed by atoms with Crippen molar-refractivity contribution in [3.8, 4) is 11.5 Å². The zero-order chi connectivity index (χ0) is 23.4. The molecule has 33 heavy (non-hydrogen) atoms. The summed E-state index contributed by atoms with van der Waals surface area (Å²) in [5.41, 5.74) is 1.59. The summed E-state index contributed by atoms with van der Waals surface area (Å²) >= 11 is 0. The van der Waals surface area contributed by atoms with Gasteiger partial charge in [-0.05, 0) is 55.9 Å². The molecule has 2 aromatic rings. The van der Waals surface area contributed by atoms with Crippen LogP contribution in [0.3, 0.4) is 0 Å². The fourth-order valence-electron chi connectivity index (χ4n) is 4.39. The summed E-state index contributed by atoms with van der Waals surface area (Å²) in [7, 11) is 0. The van der Waals surface area contributed by atoms with Crippen LogP contribution in [0.1, 0.15) is 84.8 Å². The molecule has 0 fully saturated rings. The summed E-state index contributed by atoms with van der Waals surface area (Å²) in [5, 5.41) is 11.3. The highest BCUT2D eigenvalue weighted by Gasteiger charge is 2.35. The van der Waals surface area contributed by atoms with Crippen LogP contribution in [0.2, 0.25) is 0 Å². The number of carbonyl (C=O) groups excluding carboxylic acids is 3. The lowest BCUT2D eigenvalue weighted by Gasteiger charge is -2.27. The Morgan fingerprint density at radius 2 is 1.97 bits per heavy atom. The minimum atomic E-state index is -0.646. The van der Waals surface area contributed by atoms with Crippen molar-refractivity contribution < 1.29 is 29.0 Å². The number of cyclic esters (lactones) is 1. The Kier molecular flexibility index (Phi) is 6.87. The second kappa shape index (κ2) is 9.98. The largest absolute Gasteiger partial charge is 0.507 e. The number of phenolic OH excluding ortho intramolecular Hbond substituents is 1. The van der Waals surface area contributed by atoms with Crippen molar-refractivity contribution in [3.63, 3.8) is 0 Å². The lowest BCUT2D eigenvalue weighted by Crippen LogP contribution is -2.23. The smallest absolute Gasteiger partial charge is 0.342 e. The van der Waals surface area contributed by atoms with Crippen molar-refractivity contribution in [1.29, 1.82) is 0 Å². The lowest BCUT2D eigenvalue weighted by atomic mass is 9.84. The van der Waals surface area contributed by atoms with Gasteiger partial charge < -0.3 is 14.6 Å². The van der Waals surface area contributed by atoms with Gasteiger partial charge in [-0.3, -0.25) is 14.6 Å². The number of esters is 2. The Labute approximate surface area is 192 Å². The molecular weight excluding hydrogens is 422 g/mol. The molecule has 4 rings (SSSR count). The van der Waals surface area contributed by atoms with Crippen LogP contribution in [0.4, 0.5) is 0 Å². The molecule has 2 aliphatic rings. The number of rotatable bonds is 1. The van der Waals surface area contributed by atoms with Gasteiger partial charge in [-0.25, -0.2) is 4.79 Å². The van der Waals surface area contributed by atoms with Crippen LogP contribution in [0.25, 0.3) is 6.08 Å². The van der Waals surface area contributed by atoms with Gasteiger partial charge in [0.25, 0.3) is 0 Å². The average molecular weight is 450 g/mol. The highest BCUT2D eigenvalue weighted by atomic mass is 16.5. The average Bonchev–Trinajstić information content (AvgIpc) is 2.78. The minimum Gasteiger partial charge on any atom is -0.507 e. The number of nitrogens with zero attached hydrogens (tertiary/aromatic N) is 1. The number of ketones is 1. The number of ether oxygens (including phenoxy) is 2. The van der Waals surface area contributed by atoms with Gasteiger partial charge in [0.2, 0.25) is 0 Å². The van der Waals surface area contributed by atoms with E-state index in [1.165, 1.54) is 0 Å². The van der Waals surface area contributed by atoms with Crippen LogP contribution < -0.4 is 4.74 Å². The van der Waals surface area contributed by atoms with Crippen molar-refractivity contribution in [2.45, 2.75) is 63.9 Å². The molecule has 2 aliphatic heterocycles. The van der Waals surface area contributed by atoms with Gasteiger partial charge in [-0.2, -0.15) is 0 Å². The standard InChI is InChI=1S/C26H27NO6/c1-16-7-5-11-19(28)10-4-2-3-8-17-13-21-24(25(30)23(17)26(31)32-16)20(14-22(29)33-21)18-9-6-12-27-15-18/h3,6,8-9,12-13,15-16,20,30H,2,4-5,7,10-11,14H2,1H3/t16-,20?/m0/s1. The Morgan fingerprint density at radius 3 is 2.76 bits per heavy atom. The zero-order valence-corrected chi connectivity index (χ0v) is 18.6. The van der Waals surface area contributed by atoms with Crippen molar-refractivity contribution in [2.24, 2.45) is 0 Å². The quantitative estimate of drug-likeness (QED) is 0.497. The Bertz CT molecular complexity index is 1090. The summed E-state index contributed by atoms with van der Waals surface area (Å²) in [6.45, 7) is 1.78. The van der Waals surface area contributed by atoms with E-state index >= 15 is 0 Å². The molecular formula is C26H27NO6. The molecule has 0 amide bonds. The number of hydrogen-bond acceptors (Lipinski definition) is 7. The number of fused-ring (bicyclic) bond motifs is 2. The molecule has 0 saturated carbocycles. The number of aromatic hydroxyl groups is 1. The molecule has 0 bridgehead atoms. The molecule has 2 atom stereocenters. The molecule has 0 radical (unpaired) electrons. The fourth-order valence-corrected chi connectivity index (χ4v) is 4.39. The van der Waals surface area contributed by atoms with Crippen LogP contribution in [-0.2, 0) is 14.3 Å². The van der Waals surface area contributed by atoms with Gasteiger partial charge in [0.05, 0.1) is 12.5 Å². The number of aromatic nitrogens is 1. The molecule has 0 aliphatic carbocycles. The van der Waals surface area contributed by atoms with Crippen molar-refractivity contribution >= 4 is 23.8 Å². The molecule has 7 heteroatoms. The molecule has 1 aromatic carbocycles. The second-order valence-corrected chi connectivity index (χ2v) is 8.56. The zero-order valence-electron chi connectivity index (χ0n) is 18.6. The van der Waals surface area contributed by atoms with Crippen LogP contribution in [-0.4, -0.2) is 33.9 Å². The molecule has 7 nitrogen and oxygen atoms in total. The molecule has 3 heterocycles. The minimum absolute atomic E-state index is 0.0281. The van der Waals surface area contributed by atoms with Crippen LogP contribution in [0.15, 0.2) is 36.7 Å². The Balaban J connectivity index is 1.80. The molecule has 0 spiro atoms. The first-order valence-electron chi connectivity index (χ1n) is 11.3. The third kappa shape index (κ3) is 5.13. The van der Waals surface area contributed by atoms with Crippen LogP contribution in [0.5, 0.6) is 11.5 Å². The number of phenols is 1. The first-order chi connectivity index (χ1) is 15.9. The van der Waals surface area contributed by atoms with Crippen molar-refractivity contribution in [3.05, 3.63) is 58.9 Å². The Hall–Kier alpha value is -3.48. The molecule has 1 N–H and O–H groups in total. The van der Waals surface area contributed by atoms with E-state index < -0.39 is 24.0 Å². The number of pyridine rings is 1. The topological polar surface area (TPSA) is 103 Å². The third-order valence-corrected chi connectivity index (χ3v) is 6.06. The van der Waals surface area contributed by atoms with E-state index in [0.717, 1.165) is 5.56 Å². The SMILES string of the molecule is C[C@H]1CCCC(=O)CCCC=Cc2cc3c(c(O)c2C(=O)O1)C(c1cccnc1)CC(=O)O3. The maximum absolute atomic E-state index is 13.2. The number of allylic oxidation sites excluding steroid dienone is 1. The van der Waals surface area contributed by atoms with E-state index in [1.807, 2.05) is 12.1 Å². The summed E-state index contributed by atoms with van der Waals surface area (Å²) in [5.74, 6) is -1.37. The highest BCUT2D eigenvalue weighted by molar-refractivity contribution is 5.98. The van der Waals surface area contributed by atoms with E-state index in [-0.39, 0.29) is 29.3 Å². The number of hydrogen-bond donors (Lipinski definition) is 1. The van der Waals surface area contributed by atoms with Gasteiger partial charge in [0.15, 0.2) is 0 Å². The first-order valence-corrected chi connectivity index (χ1v) is 11.3. The van der Waals surface area contributed by atoms with E-state index in [2.05, 4.69) is 4.98 Å². The first kappa shape index (κ1) is 22.7. The van der Waals surface area contributed by atoms with Gasteiger partial charge in [0.1, 0.15) is 22.8 Å². The lowest BCUT2D eigenvalue weighted by molar-refractivity contribution is -0.135. The van der Waals surface area contributed by atoms with E-state index in [0.29, 0.717) is 49.7 Å². The summed E-state index contributed by atoms with van der Waals surface area (Å²) < 4.78 is 11.1. The second-order valence-electron chi connectivity index (χ2n) is 8.56. The maximum Gasteiger partial charge on any atom is 0.342 e. The number of Topliss-reactive ketones (excluding diaryl/α,β-unsaturated/α-hetero) is 1. The number of benzene rings is 1. The number of carbonyl (C=O) groups is 3. The van der Waals surface area contributed by atoms with E-state index in [9.17, 15) is 19.5 Å². The van der Waals surface area contributed by atoms with E-state index in [1.54, 1.807) is 37.5 Å². The van der Waals surface area contributed by atoms with Crippen molar-refractivity contribution in [2.75, 3.05) is 0 Å². The third-order valence-electron chi connectivity index (χ3n) is 6.06. The predicted octanol–water partition coefficient (Wildman–Crippen LogP) is 4.71. The molecule has 0 saturated heterocycles. The summed E-state index contributed by atoms with van der Waals surface area (Å²) in [6.07, 6.45) is 9.98. The van der Waals surface area contributed by atoms with Gasteiger partial charge in [0, 0.05) is 36.7 Å². The predicted molar refractivity (Wildman–Crippen MR) is 121 cm³/mol. The highest BCUT2D eigenvalue weighted by Crippen LogP contribution is 2.47.